The summed E-state index contributed by atoms with van der Waals surface area (Å²) in [6.07, 6.45) is 0.510. The zero-order chi connectivity index (χ0) is 17.2. The zero-order valence-corrected chi connectivity index (χ0v) is 14.5. The molecule has 1 atom stereocenters. The number of hydrogen-bond donors (Lipinski definition) is 0. The minimum Gasteiger partial charge on any atom is -0.483 e. The van der Waals surface area contributed by atoms with E-state index in [2.05, 4.69) is 0 Å². The van der Waals surface area contributed by atoms with Gasteiger partial charge in [0.1, 0.15) is 5.75 Å². The SMILES string of the molecule is CCN(C(=O)COc1cccc2ccccc12)[C@@H]1CCS(=O)(=O)C1. The fourth-order valence-corrected chi connectivity index (χ4v) is 4.93. The number of amides is 1. The van der Waals surface area contributed by atoms with Crippen LogP contribution in [0.5, 0.6) is 5.75 Å². The van der Waals surface area contributed by atoms with Gasteiger partial charge in [-0.05, 0) is 24.8 Å². The van der Waals surface area contributed by atoms with E-state index in [1.54, 1.807) is 4.90 Å². The second-order valence-corrected chi connectivity index (χ2v) is 8.23. The number of ether oxygens (including phenoxy) is 1. The topological polar surface area (TPSA) is 63.7 Å². The molecule has 0 spiro atoms. The van der Waals surface area contributed by atoms with Gasteiger partial charge in [0.25, 0.3) is 5.91 Å². The van der Waals surface area contributed by atoms with Gasteiger partial charge in [0.05, 0.1) is 11.5 Å². The Morgan fingerprint density at radius 1 is 1.21 bits per heavy atom. The van der Waals surface area contributed by atoms with Crippen molar-refractivity contribution in [2.75, 3.05) is 24.7 Å². The third-order valence-corrected chi connectivity index (χ3v) is 6.16. The lowest BCUT2D eigenvalue weighted by Crippen LogP contribution is -2.43. The highest BCUT2D eigenvalue weighted by Gasteiger charge is 2.33. The number of carbonyl (C=O) groups is 1. The van der Waals surface area contributed by atoms with Crippen LogP contribution in [0, 0.1) is 0 Å². The molecule has 1 amide bonds. The summed E-state index contributed by atoms with van der Waals surface area (Å²) in [7, 11) is -3.01. The van der Waals surface area contributed by atoms with Gasteiger partial charge >= 0.3 is 0 Å². The maximum atomic E-state index is 12.5. The molecular weight excluding hydrogens is 326 g/mol. The molecule has 0 aliphatic carbocycles. The Labute approximate surface area is 142 Å². The Morgan fingerprint density at radius 2 is 1.96 bits per heavy atom. The van der Waals surface area contributed by atoms with E-state index in [0.717, 1.165) is 10.8 Å². The molecule has 0 radical (unpaired) electrons. The van der Waals surface area contributed by atoms with Gasteiger partial charge in [-0.1, -0.05) is 36.4 Å². The number of nitrogens with zero attached hydrogens (tertiary/aromatic N) is 1. The molecule has 24 heavy (non-hydrogen) atoms. The van der Waals surface area contributed by atoms with E-state index in [9.17, 15) is 13.2 Å². The first-order valence-corrected chi connectivity index (χ1v) is 9.93. The van der Waals surface area contributed by atoms with Crippen molar-refractivity contribution in [3.63, 3.8) is 0 Å². The highest BCUT2D eigenvalue weighted by atomic mass is 32.2. The van der Waals surface area contributed by atoms with E-state index in [1.807, 2.05) is 49.4 Å². The summed E-state index contributed by atoms with van der Waals surface area (Å²) in [5, 5.41) is 2.01. The van der Waals surface area contributed by atoms with Gasteiger partial charge in [0.2, 0.25) is 0 Å². The molecule has 128 valence electrons. The first-order valence-electron chi connectivity index (χ1n) is 8.10. The fourth-order valence-electron chi connectivity index (χ4n) is 3.20. The van der Waals surface area contributed by atoms with E-state index in [1.165, 1.54) is 0 Å². The van der Waals surface area contributed by atoms with Crippen molar-refractivity contribution in [1.29, 1.82) is 0 Å². The summed E-state index contributed by atoms with van der Waals surface area (Å²) in [4.78, 5) is 14.1. The van der Waals surface area contributed by atoms with Gasteiger partial charge in [-0.25, -0.2) is 8.42 Å². The Bertz CT molecular complexity index is 842. The molecule has 1 heterocycles. The average molecular weight is 347 g/mol. The van der Waals surface area contributed by atoms with Crippen molar-refractivity contribution < 1.29 is 17.9 Å². The maximum absolute atomic E-state index is 12.5. The second kappa shape index (κ2) is 6.81. The first kappa shape index (κ1) is 16.8. The molecule has 2 aromatic rings. The number of hydrogen-bond acceptors (Lipinski definition) is 4. The van der Waals surface area contributed by atoms with E-state index < -0.39 is 9.84 Å². The molecule has 0 bridgehead atoms. The Morgan fingerprint density at radius 3 is 2.67 bits per heavy atom. The number of benzene rings is 2. The quantitative estimate of drug-likeness (QED) is 0.832. The number of rotatable bonds is 5. The highest BCUT2D eigenvalue weighted by Crippen LogP contribution is 2.25. The number of likely N-dealkylation sites (N-methyl/N-ethyl adjacent to an activating group) is 1. The summed E-state index contributed by atoms with van der Waals surface area (Å²) in [5.74, 6) is 0.705. The van der Waals surface area contributed by atoms with Crippen LogP contribution in [-0.4, -0.2) is 49.9 Å². The molecule has 0 aromatic heterocycles. The third-order valence-electron chi connectivity index (χ3n) is 4.41. The van der Waals surface area contributed by atoms with Crippen molar-refractivity contribution in [2.24, 2.45) is 0 Å². The Hall–Kier alpha value is -2.08. The first-order chi connectivity index (χ1) is 11.5. The van der Waals surface area contributed by atoms with Crippen LogP contribution < -0.4 is 4.74 Å². The van der Waals surface area contributed by atoms with E-state index >= 15 is 0 Å². The van der Waals surface area contributed by atoms with Crippen LogP contribution in [0.3, 0.4) is 0 Å². The van der Waals surface area contributed by atoms with Crippen molar-refractivity contribution in [3.05, 3.63) is 42.5 Å². The molecule has 1 aliphatic rings. The van der Waals surface area contributed by atoms with Gasteiger partial charge in [-0.3, -0.25) is 4.79 Å². The average Bonchev–Trinajstić information content (AvgIpc) is 2.93. The standard InChI is InChI=1S/C18H21NO4S/c1-2-19(15-10-11-24(21,22)13-15)18(20)12-23-17-9-5-7-14-6-3-4-8-16(14)17/h3-9,15H,2,10-13H2,1H3/t15-/m1/s1. The molecule has 0 unspecified atom stereocenters. The zero-order valence-electron chi connectivity index (χ0n) is 13.6. The van der Waals surface area contributed by atoms with Crippen LogP contribution >= 0.6 is 0 Å². The van der Waals surface area contributed by atoms with Crippen LogP contribution in [0.4, 0.5) is 0 Å². The second-order valence-electron chi connectivity index (χ2n) is 6.00. The number of fused-ring (bicyclic) bond motifs is 1. The molecule has 1 fully saturated rings. The van der Waals surface area contributed by atoms with Crippen LogP contribution in [0.15, 0.2) is 42.5 Å². The number of sulfone groups is 1. The van der Waals surface area contributed by atoms with Crippen molar-refractivity contribution >= 4 is 26.5 Å². The van der Waals surface area contributed by atoms with Gasteiger partial charge in [-0.2, -0.15) is 0 Å². The van der Waals surface area contributed by atoms with Crippen LogP contribution in [0.2, 0.25) is 0 Å². The van der Waals surface area contributed by atoms with Crippen LogP contribution in [0.1, 0.15) is 13.3 Å². The normalized spacial score (nSPS) is 19.3. The summed E-state index contributed by atoms with van der Waals surface area (Å²) < 4.78 is 29.0. The minimum atomic E-state index is -3.01. The van der Waals surface area contributed by atoms with E-state index in [4.69, 9.17) is 4.74 Å². The lowest BCUT2D eigenvalue weighted by atomic mass is 10.1. The molecule has 0 saturated carbocycles. The molecule has 1 aliphatic heterocycles. The lowest BCUT2D eigenvalue weighted by molar-refractivity contribution is -0.135. The highest BCUT2D eigenvalue weighted by molar-refractivity contribution is 7.91. The largest absolute Gasteiger partial charge is 0.483 e. The predicted molar refractivity (Wildman–Crippen MR) is 93.9 cm³/mol. The van der Waals surface area contributed by atoms with Crippen molar-refractivity contribution in [2.45, 2.75) is 19.4 Å². The van der Waals surface area contributed by atoms with Crippen molar-refractivity contribution in [1.82, 2.24) is 4.90 Å². The Kier molecular flexibility index (Phi) is 4.76. The summed E-state index contributed by atoms with van der Waals surface area (Å²) >= 11 is 0. The Balaban J connectivity index is 1.70. The van der Waals surface area contributed by atoms with Gasteiger partial charge in [0.15, 0.2) is 16.4 Å². The van der Waals surface area contributed by atoms with E-state index in [-0.39, 0.29) is 30.1 Å². The summed E-state index contributed by atoms with van der Waals surface area (Å²) in [6.45, 7) is 2.26. The molecule has 5 nitrogen and oxygen atoms in total. The smallest absolute Gasteiger partial charge is 0.260 e. The summed E-state index contributed by atoms with van der Waals surface area (Å²) in [6, 6.07) is 13.3. The molecule has 3 rings (SSSR count). The van der Waals surface area contributed by atoms with E-state index in [0.29, 0.717) is 18.7 Å². The monoisotopic (exact) mass is 347 g/mol. The van der Waals surface area contributed by atoms with Gasteiger partial charge in [-0.15, -0.1) is 0 Å². The van der Waals surface area contributed by atoms with Crippen molar-refractivity contribution in [3.8, 4) is 5.75 Å². The van der Waals surface area contributed by atoms with Crippen LogP contribution in [0.25, 0.3) is 10.8 Å². The third kappa shape index (κ3) is 3.53. The molecular formula is C18H21NO4S. The lowest BCUT2D eigenvalue weighted by Gasteiger charge is -2.26. The fraction of sp³-hybridized carbons (Fsp3) is 0.389. The summed E-state index contributed by atoms with van der Waals surface area (Å²) in [5.41, 5.74) is 0. The van der Waals surface area contributed by atoms with Gasteiger partial charge < -0.3 is 9.64 Å². The molecule has 1 saturated heterocycles. The molecule has 0 N–H and O–H groups in total. The van der Waals surface area contributed by atoms with Gasteiger partial charge in [0, 0.05) is 18.0 Å². The molecule has 6 heteroatoms. The minimum absolute atomic E-state index is 0.0564. The maximum Gasteiger partial charge on any atom is 0.260 e. The van der Waals surface area contributed by atoms with Crippen LogP contribution in [-0.2, 0) is 14.6 Å². The molecule has 2 aromatic carbocycles. The number of carbonyl (C=O) groups excluding carboxylic acids is 1. The predicted octanol–water partition coefficient (Wildman–Crippen LogP) is 2.25.